The van der Waals surface area contributed by atoms with E-state index in [4.69, 9.17) is 4.74 Å². The number of carbonyl (C=O) groups is 2. The Balaban J connectivity index is 1.76. The van der Waals surface area contributed by atoms with Gasteiger partial charge in [0, 0.05) is 24.3 Å². The number of sulfonamides is 1. The molecule has 1 saturated heterocycles. The second-order valence-corrected chi connectivity index (χ2v) is 9.10. The first-order valence-electron chi connectivity index (χ1n) is 9.51. The van der Waals surface area contributed by atoms with Crippen LogP contribution in [0.3, 0.4) is 0 Å². The second-order valence-electron chi connectivity index (χ2n) is 7.19. The van der Waals surface area contributed by atoms with Gasteiger partial charge >= 0.3 is 0 Å². The van der Waals surface area contributed by atoms with Crippen LogP contribution in [-0.2, 0) is 19.6 Å². The minimum atomic E-state index is -3.73. The summed E-state index contributed by atoms with van der Waals surface area (Å²) in [7, 11) is -2.28. The number of ether oxygens (including phenoxy) is 1. The van der Waals surface area contributed by atoms with E-state index in [1.807, 2.05) is 6.92 Å². The number of rotatable bonds is 7. The first-order chi connectivity index (χ1) is 14.2. The van der Waals surface area contributed by atoms with Crippen LogP contribution in [0.15, 0.2) is 42.5 Å². The zero-order chi connectivity index (χ0) is 21.9. The van der Waals surface area contributed by atoms with Crippen molar-refractivity contribution in [2.24, 2.45) is 0 Å². The highest BCUT2D eigenvalue weighted by Gasteiger charge is 2.25. The lowest BCUT2D eigenvalue weighted by Gasteiger charge is -2.24. The molecule has 1 aliphatic heterocycles. The van der Waals surface area contributed by atoms with Gasteiger partial charge in [0.15, 0.2) is 0 Å². The van der Waals surface area contributed by atoms with Crippen molar-refractivity contribution >= 4 is 38.9 Å². The maximum atomic E-state index is 12.6. The summed E-state index contributed by atoms with van der Waals surface area (Å²) in [6.07, 6.45) is 2.42. The summed E-state index contributed by atoms with van der Waals surface area (Å²) in [6.45, 7) is 2.12. The largest absolute Gasteiger partial charge is 0.495 e. The highest BCUT2D eigenvalue weighted by Crippen LogP contribution is 2.31. The van der Waals surface area contributed by atoms with Crippen molar-refractivity contribution in [1.82, 2.24) is 0 Å². The van der Waals surface area contributed by atoms with Crippen LogP contribution in [0.25, 0.3) is 0 Å². The number of hydrogen-bond donors (Lipinski definition) is 1. The molecule has 0 saturated carbocycles. The average Bonchev–Trinajstić information content (AvgIpc) is 3.12. The first-order valence-corrected chi connectivity index (χ1v) is 11.4. The zero-order valence-corrected chi connectivity index (χ0v) is 18.0. The van der Waals surface area contributed by atoms with Gasteiger partial charge in [0.1, 0.15) is 12.3 Å². The predicted octanol–water partition coefficient (Wildman–Crippen LogP) is 2.54. The molecule has 1 fully saturated rings. The quantitative estimate of drug-likeness (QED) is 0.727. The van der Waals surface area contributed by atoms with Gasteiger partial charge in [0.2, 0.25) is 21.8 Å². The van der Waals surface area contributed by atoms with E-state index in [0.29, 0.717) is 30.1 Å². The van der Waals surface area contributed by atoms with Crippen LogP contribution in [0, 0.1) is 6.92 Å². The van der Waals surface area contributed by atoms with E-state index in [2.05, 4.69) is 5.32 Å². The van der Waals surface area contributed by atoms with Crippen LogP contribution in [0.1, 0.15) is 18.4 Å². The van der Waals surface area contributed by atoms with Gasteiger partial charge in [-0.15, -0.1) is 0 Å². The molecular weight excluding hydrogens is 406 g/mol. The molecule has 2 amide bonds. The summed E-state index contributed by atoms with van der Waals surface area (Å²) in [5.74, 6) is -0.0462. The second kappa shape index (κ2) is 8.74. The number of anilines is 3. The molecule has 30 heavy (non-hydrogen) atoms. The van der Waals surface area contributed by atoms with E-state index in [9.17, 15) is 18.0 Å². The van der Waals surface area contributed by atoms with Gasteiger partial charge in [-0.25, -0.2) is 8.42 Å². The summed E-state index contributed by atoms with van der Waals surface area (Å²) >= 11 is 0. The van der Waals surface area contributed by atoms with Crippen molar-refractivity contribution in [2.75, 3.05) is 41.0 Å². The van der Waals surface area contributed by atoms with E-state index in [0.717, 1.165) is 28.2 Å². The maximum Gasteiger partial charge on any atom is 0.245 e. The van der Waals surface area contributed by atoms with E-state index in [1.54, 1.807) is 47.4 Å². The van der Waals surface area contributed by atoms with Crippen LogP contribution in [-0.4, -0.2) is 46.7 Å². The Hall–Kier alpha value is -3.07. The highest BCUT2D eigenvalue weighted by molar-refractivity contribution is 7.92. The predicted molar refractivity (Wildman–Crippen MR) is 117 cm³/mol. The van der Waals surface area contributed by atoms with Crippen LogP contribution in [0.2, 0.25) is 0 Å². The van der Waals surface area contributed by atoms with E-state index >= 15 is 0 Å². The lowest BCUT2D eigenvalue weighted by molar-refractivity contribution is -0.117. The normalized spacial score (nSPS) is 14.0. The molecule has 0 unspecified atom stereocenters. The highest BCUT2D eigenvalue weighted by atomic mass is 32.2. The Morgan fingerprint density at radius 1 is 1.20 bits per heavy atom. The molecule has 3 rings (SSSR count). The van der Waals surface area contributed by atoms with Gasteiger partial charge in [-0.05, 0) is 55.3 Å². The number of hydrogen-bond acceptors (Lipinski definition) is 5. The number of amides is 2. The first kappa shape index (κ1) is 21.6. The van der Waals surface area contributed by atoms with Crippen LogP contribution in [0.5, 0.6) is 5.75 Å². The van der Waals surface area contributed by atoms with E-state index in [-0.39, 0.29) is 5.91 Å². The molecule has 1 heterocycles. The molecule has 0 bridgehead atoms. The van der Waals surface area contributed by atoms with Gasteiger partial charge in [-0.3, -0.25) is 13.9 Å². The van der Waals surface area contributed by atoms with E-state index in [1.165, 1.54) is 7.11 Å². The molecular formula is C21H25N3O5S. The van der Waals surface area contributed by atoms with Crippen molar-refractivity contribution in [3.8, 4) is 5.75 Å². The van der Waals surface area contributed by atoms with Gasteiger partial charge in [0.05, 0.1) is 19.1 Å². The topological polar surface area (TPSA) is 96.0 Å². The van der Waals surface area contributed by atoms with Gasteiger partial charge < -0.3 is 15.0 Å². The number of aryl methyl sites for hydroxylation is 1. The molecule has 1 aliphatic rings. The fraction of sp³-hybridized carbons (Fsp3) is 0.333. The van der Waals surface area contributed by atoms with E-state index < -0.39 is 22.5 Å². The monoisotopic (exact) mass is 431 g/mol. The molecule has 2 aromatic carbocycles. The summed E-state index contributed by atoms with van der Waals surface area (Å²) in [6, 6.07) is 12.0. The molecule has 0 aromatic heterocycles. The number of benzene rings is 2. The number of nitrogens with one attached hydrogen (secondary N) is 1. The smallest absolute Gasteiger partial charge is 0.245 e. The number of carbonyl (C=O) groups excluding carboxylic acids is 2. The maximum absolute atomic E-state index is 12.6. The molecule has 0 spiro atoms. The lowest BCUT2D eigenvalue weighted by atomic mass is 10.2. The summed E-state index contributed by atoms with van der Waals surface area (Å²) in [4.78, 5) is 26.2. The Bertz CT molecular complexity index is 1050. The summed E-state index contributed by atoms with van der Waals surface area (Å²) in [5.41, 5.74) is 2.43. The fourth-order valence-electron chi connectivity index (χ4n) is 3.35. The third-order valence-corrected chi connectivity index (χ3v) is 5.95. The van der Waals surface area contributed by atoms with Gasteiger partial charge in [0.25, 0.3) is 0 Å². The Morgan fingerprint density at radius 2 is 1.90 bits per heavy atom. The summed E-state index contributed by atoms with van der Waals surface area (Å²) < 4.78 is 31.0. The number of nitrogens with zero attached hydrogens (tertiary/aromatic N) is 2. The Morgan fingerprint density at radius 3 is 2.47 bits per heavy atom. The Kier molecular flexibility index (Phi) is 6.31. The molecule has 0 aliphatic carbocycles. The third-order valence-electron chi connectivity index (χ3n) is 4.83. The molecule has 1 N–H and O–H groups in total. The minimum Gasteiger partial charge on any atom is -0.495 e. The van der Waals surface area contributed by atoms with Crippen LogP contribution in [0.4, 0.5) is 17.1 Å². The SMILES string of the molecule is COc1ccc(C)cc1N(CC(=O)Nc1ccc(N2CCCC2=O)cc1)S(C)(=O)=O. The van der Waals surface area contributed by atoms with Crippen molar-refractivity contribution < 1.29 is 22.7 Å². The van der Waals surface area contributed by atoms with Crippen molar-refractivity contribution in [2.45, 2.75) is 19.8 Å². The minimum absolute atomic E-state index is 0.0858. The molecule has 0 radical (unpaired) electrons. The average molecular weight is 432 g/mol. The molecule has 0 atom stereocenters. The van der Waals surface area contributed by atoms with Crippen molar-refractivity contribution in [3.63, 3.8) is 0 Å². The molecule has 8 nitrogen and oxygen atoms in total. The Labute approximate surface area is 176 Å². The van der Waals surface area contributed by atoms with Crippen LogP contribution >= 0.6 is 0 Å². The molecule has 2 aromatic rings. The van der Waals surface area contributed by atoms with Crippen molar-refractivity contribution in [3.05, 3.63) is 48.0 Å². The van der Waals surface area contributed by atoms with Crippen molar-refractivity contribution in [1.29, 1.82) is 0 Å². The molecule has 9 heteroatoms. The molecule has 160 valence electrons. The lowest BCUT2D eigenvalue weighted by Crippen LogP contribution is -2.37. The number of methoxy groups -OCH3 is 1. The standard InChI is InChI=1S/C21H25N3O5S/c1-15-6-11-19(29-2)18(13-15)24(30(3,27)28)14-20(25)22-16-7-9-17(10-8-16)23-12-4-5-21(23)26/h6-11,13H,4-5,12,14H2,1-3H3,(H,22,25). The fourth-order valence-corrected chi connectivity index (χ4v) is 4.20. The zero-order valence-electron chi connectivity index (χ0n) is 17.2. The summed E-state index contributed by atoms with van der Waals surface area (Å²) in [5, 5.41) is 2.71. The third kappa shape index (κ3) is 4.91. The van der Waals surface area contributed by atoms with Gasteiger partial charge in [-0.1, -0.05) is 6.07 Å². The van der Waals surface area contributed by atoms with Gasteiger partial charge in [-0.2, -0.15) is 0 Å². The van der Waals surface area contributed by atoms with Crippen LogP contribution < -0.4 is 19.3 Å².